The van der Waals surface area contributed by atoms with Crippen molar-refractivity contribution in [1.82, 2.24) is 9.80 Å². The molecule has 2 saturated heterocycles. The van der Waals surface area contributed by atoms with Gasteiger partial charge in [0.1, 0.15) is 24.4 Å². The van der Waals surface area contributed by atoms with Gasteiger partial charge in [-0.15, -0.1) is 8.58 Å². The highest BCUT2D eigenvalue weighted by Crippen LogP contribution is 2.43. The highest BCUT2D eigenvalue weighted by atomic mass is 31.1. The molecule has 4 aliphatic heterocycles. The zero-order valence-corrected chi connectivity index (χ0v) is 29.8. The maximum Gasteiger partial charge on any atom is 0.261 e. The first-order valence-electron chi connectivity index (χ1n) is 17.1. The summed E-state index contributed by atoms with van der Waals surface area (Å²) in [5, 5.41) is 10.2. The molecule has 13 heteroatoms. The number of ether oxygens (including phenoxy) is 4. The largest absolute Gasteiger partial charge is 0.390 e. The molecule has 0 aromatic heterocycles. The van der Waals surface area contributed by atoms with Crippen LogP contribution in [-0.4, -0.2) is 112 Å². The maximum atomic E-state index is 12.6. The van der Waals surface area contributed by atoms with Gasteiger partial charge in [0.25, 0.3) is 23.6 Å². The Hall–Kier alpha value is -3.38. The molecule has 2 saturated carbocycles. The van der Waals surface area contributed by atoms with Gasteiger partial charge in [-0.05, 0) is 71.7 Å². The van der Waals surface area contributed by atoms with Crippen molar-refractivity contribution in [2.45, 2.75) is 109 Å². The second kappa shape index (κ2) is 14.1. The van der Waals surface area contributed by atoms with Gasteiger partial charge in [-0.3, -0.25) is 33.8 Å². The van der Waals surface area contributed by atoms with E-state index >= 15 is 0 Å². The Kier molecular flexibility index (Phi) is 10.2. The van der Waals surface area contributed by atoms with E-state index in [1.54, 1.807) is 83.1 Å². The number of aliphatic hydroxyl groups excluding tert-OH is 1. The first-order valence-corrected chi connectivity index (χ1v) is 18.3. The summed E-state index contributed by atoms with van der Waals surface area (Å²) in [6, 6.07) is 12.3. The highest BCUT2D eigenvalue weighted by Gasteiger charge is 2.59. The second-order valence-corrected chi connectivity index (χ2v) is 14.2. The topological polar surface area (TPSA) is 149 Å². The quantitative estimate of drug-likeness (QED) is 0.360. The molecule has 12 nitrogen and oxygen atoms in total. The summed E-state index contributed by atoms with van der Waals surface area (Å²) in [5.74, 6) is -3.23. The Bertz CT molecular complexity index is 1590. The van der Waals surface area contributed by atoms with Crippen LogP contribution in [0.15, 0.2) is 48.5 Å². The molecule has 8 rings (SSSR count). The first kappa shape index (κ1) is 35.4. The third kappa shape index (κ3) is 6.62. The minimum atomic E-state index is -0.887. The third-order valence-corrected chi connectivity index (χ3v) is 8.96. The van der Waals surface area contributed by atoms with Gasteiger partial charge in [-0.2, -0.15) is 0 Å². The number of benzene rings is 2. The van der Waals surface area contributed by atoms with E-state index in [2.05, 4.69) is 13.3 Å². The SMILES string of the molecule is CC1(C)O[C@@H]2[C@H](O1)C(=O)C[C@H]2N1C(=O)c2ccccc2C1=O.CC1(C)O[C@@H]2[C@H](O1)[C@@H](O)C[C@H]2N1C(=O)c2ccccc2C1=O.CPC.[2H]CC. The number of imide groups is 2. The van der Waals surface area contributed by atoms with Crippen LogP contribution in [0.4, 0.5) is 0 Å². The molecule has 4 amide bonds. The number of carbonyl (C=O) groups excluding carboxylic acids is 5. The van der Waals surface area contributed by atoms with E-state index in [0.29, 0.717) is 29.2 Å². The molecule has 0 radical (unpaired) electrons. The number of fused-ring (bicyclic) bond motifs is 4. The number of hydrogen-bond donors (Lipinski definition) is 1. The van der Waals surface area contributed by atoms with Gasteiger partial charge >= 0.3 is 0 Å². The van der Waals surface area contributed by atoms with Crippen molar-refractivity contribution in [1.29, 1.82) is 0 Å². The predicted molar refractivity (Wildman–Crippen MR) is 181 cm³/mol. The monoisotopic (exact) mass is 697 g/mol. The normalized spacial score (nSPS) is 31.5. The Labute approximate surface area is 289 Å². The summed E-state index contributed by atoms with van der Waals surface area (Å²) in [4.78, 5) is 64.8. The molecule has 4 heterocycles. The van der Waals surface area contributed by atoms with Crippen LogP contribution in [0.5, 0.6) is 0 Å². The predicted octanol–water partition coefficient (Wildman–Crippen LogP) is 4.03. The van der Waals surface area contributed by atoms with Gasteiger partial charge in [-0.1, -0.05) is 38.1 Å². The molecule has 0 bridgehead atoms. The van der Waals surface area contributed by atoms with Crippen LogP contribution in [0.3, 0.4) is 0 Å². The van der Waals surface area contributed by atoms with Crippen molar-refractivity contribution < 1.29 is 49.4 Å². The lowest BCUT2D eigenvalue weighted by atomic mass is 10.1. The second-order valence-electron chi connectivity index (χ2n) is 13.2. The van der Waals surface area contributed by atoms with Crippen LogP contribution >= 0.6 is 8.58 Å². The summed E-state index contributed by atoms with van der Waals surface area (Å²) in [6.07, 6.45) is -2.69. The van der Waals surface area contributed by atoms with Crippen LogP contribution in [0, 0.1) is 0 Å². The molecule has 0 spiro atoms. The van der Waals surface area contributed by atoms with Crippen molar-refractivity contribution >= 4 is 38.0 Å². The molecule has 2 aromatic rings. The number of ketones is 1. The van der Waals surface area contributed by atoms with Crippen molar-refractivity contribution in [3.05, 3.63) is 70.8 Å². The van der Waals surface area contributed by atoms with Crippen LogP contribution in [-0.2, 0) is 23.7 Å². The molecule has 2 aromatic carbocycles. The third-order valence-electron chi connectivity index (χ3n) is 8.96. The molecule has 6 aliphatic rings. The minimum Gasteiger partial charge on any atom is -0.390 e. The Morgan fingerprint density at radius 2 is 1.06 bits per heavy atom. The maximum absolute atomic E-state index is 12.6. The number of rotatable bonds is 2. The Morgan fingerprint density at radius 1 is 0.694 bits per heavy atom. The van der Waals surface area contributed by atoms with E-state index in [-0.39, 0.29) is 42.3 Å². The Morgan fingerprint density at radius 3 is 1.51 bits per heavy atom. The fraction of sp³-hybridized carbons (Fsp3) is 0.528. The van der Waals surface area contributed by atoms with Gasteiger partial charge in [-0.25, -0.2) is 0 Å². The van der Waals surface area contributed by atoms with Crippen molar-refractivity contribution in [3.8, 4) is 0 Å². The number of aliphatic hydroxyl groups is 1. The standard InChI is InChI=1S/C16H17NO5.C16H15NO5.C2H7P.C2H6/c2*1-16(2)21-12-10(7-11(18)13(12)22-16)17-14(19)8-5-3-4-6-9(8)15(17)20;1-3-2;1-2/h3-6,10-13,18H,7H2,1-2H3;3-6,10,12-13H,7H2,1-2H3;3H,1-2H3;1-2H3/t10-,11+,12+,13-;10-,12+,13-;;/m11../s1/i;;;1D. The van der Waals surface area contributed by atoms with Crippen LogP contribution in [0.25, 0.3) is 0 Å². The molecule has 7 atom stereocenters. The summed E-state index contributed by atoms with van der Waals surface area (Å²) in [5.41, 5.74) is 1.57. The van der Waals surface area contributed by atoms with Crippen molar-refractivity contribution in [2.75, 3.05) is 13.3 Å². The highest BCUT2D eigenvalue weighted by molar-refractivity contribution is 7.35. The number of Topliss-reactive ketones (excluding diaryl/α,β-unsaturated/α-hetero) is 1. The van der Waals surface area contributed by atoms with Gasteiger partial charge in [0.2, 0.25) is 0 Å². The van der Waals surface area contributed by atoms with E-state index in [1.165, 1.54) is 4.90 Å². The van der Waals surface area contributed by atoms with E-state index in [4.69, 9.17) is 20.3 Å². The van der Waals surface area contributed by atoms with Crippen molar-refractivity contribution in [2.24, 2.45) is 0 Å². The zero-order chi connectivity index (χ0) is 36.7. The van der Waals surface area contributed by atoms with Gasteiger partial charge in [0, 0.05) is 7.79 Å². The van der Waals surface area contributed by atoms with Gasteiger partial charge in [0.05, 0.1) is 40.4 Å². The van der Waals surface area contributed by atoms with E-state index in [1.807, 2.05) is 0 Å². The first-order chi connectivity index (χ1) is 23.6. The van der Waals surface area contributed by atoms with Crippen LogP contribution in [0.1, 0.15) is 97.2 Å². The average Bonchev–Trinajstić information content (AvgIpc) is 3.84. The lowest BCUT2D eigenvalue weighted by Gasteiger charge is -2.27. The number of carbonyl (C=O) groups is 5. The van der Waals surface area contributed by atoms with Crippen LogP contribution < -0.4 is 0 Å². The van der Waals surface area contributed by atoms with Crippen LogP contribution in [0.2, 0.25) is 0 Å². The molecule has 4 fully saturated rings. The van der Waals surface area contributed by atoms with E-state index in [9.17, 15) is 29.1 Å². The summed E-state index contributed by atoms with van der Waals surface area (Å²) in [7, 11) is 1.08. The summed E-state index contributed by atoms with van der Waals surface area (Å²) in [6.45, 7) is 13.6. The van der Waals surface area contributed by atoms with E-state index < -0.39 is 54.2 Å². The number of hydrogen-bond acceptors (Lipinski definition) is 10. The molecular weight excluding hydrogens is 651 g/mol. The lowest BCUT2D eigenvalue weighted by Crippen LogP contribution is -2.46. The molecule has 1 N–H and O–H groups in total. The molecule has 2 aliphatic carbocycles. The fourth-order valence-electron chi connectivity index (χ4n) is 7.19. The summed E-state index contributed by atoms with van der Waals surface area (Å²) < 4.78 is 29.1. The van der Waals surface area contributed by atoms with Crippen molar-refractivity contribution in [3.63, 3.8) is 0 Å². The molecule has 264 valence electrons. The molecular formula is C36H45N2O10P. The molecule has 0 unspecified atom stereocenters. The van der Waals surface area contributed by atoms with Gasteiger partial charge < -0.3 is 24.1 Å². The molecule has 49 heavy (non-hydrogen) atoms. The minimum absolute atomic E-state index is 0.0802. The number of amides is 4. The van der Waals surface area contributed by atoms with Gasteiger partial charge in [0.15, 0.2) is 17.4 Å². The van der Waals surface area contributed by atoms with E-state index in [0.717, 1.165) is 13.5 Å². The number of nitrogens with zero attached hydrogens (tertiary/aromatic N) is 2. The smallest absolute Gasteiger partial charge is 0.261 e. The Balaban J connectivity index is 0.000000168. The zero-order valence-electron chi connectivity index (χ0n) is 29.8. The fourth-order valence-corrected chi connectivity index (χ4v) is 7.19. The summed E-state index contributed by atoms with van der Waals surface area (Å²) >= 11 is 0. The lowest BCUT2D eigenvalue weighted by molar-refractivity contribution is -0.166. The average molecular weight is 698 g/mol.